The van der Waals surface area contributed by atoms with Gasteiger partial charge in [-0.15, -0.1) is 0 Å². The lowest BCUT2D eigenvalue weighted by Gasteiger charge is -2.08. The molecule has 0 saturated heterocycles. The van der Waals surface area contributed by atoms with E-state index in [0.717, 1.165) is 0 Å². The van der Waals surface area contributed by atoms with Crippen LogP contribution in [-0.4, -0.2) is 13.0 Å². The minimum Gasteiger partial charge on any atom is -0.495 e. The Morgan fingerprint density at radius 2 is 1.78 bits per heavy atom. The van der Waals surface area contributed by atoms with Crippen molar-refractivity contribution in [1.29, 1.82) is 0 Å². The molecule has 0 radical (unpaired) electrons. The summed E-state index contributed by atoms with van der Waals surface area (Å²) < 4.78 is 5.20. The first-order chi connectivity index (χ1) is 10.9. The first kappa shape index (κ1) is 18.0. The molecule has 2 aromatic rings. The molecule has 23 heavy (non-hydrogen) atoms. The smallest absolute Gasteiger partial charge is 0.248 e. The molecule has 2 aromatic carbocycles. The van der Waals surface area contributed by atoms with Gasteiger partial charge in [-0.05, 0) is 36.4 Å². The van der Waals surface area contributed by atoms with E-state index in [1.54, 1.807) is 36.4 Å². The van der Waals surface area contributed by atoms with Gasteiger partial charge in [0.2, 0.25) is 5.91 Å². The van der Waals surface area contributed by atoms with Crippen LogP contribution in [0.25, 0.3) is 6.08 Å². The maximum absolute atomic E-state index is 12.0. The van der Waals surface area contributed by atoms with E-state index in [-0.39, 0.29) is 5.91 Å². The van der Waals surface area contributed by atoms with E-state index in [2.05, 4.69) is 5.32 Å². The van der Waals surface area contributed by atoms with E-state index in [4.69, 9.17) is 51.1 Å². The van der Waals surface area contributed by atoms with Gasteiger partial charge in [0.1, 0.15) is 5.75 Å². The lowest BCUT2D eigenvalue weighted by atomic mass is 10.2. The maximum Gasteiger partial charge on any atom is 0.248 e. The van der Waals surface area contributed by atoms with Crippen LogP contribution in [0.5, 0.6) is 5.75 Å². The number of carbonyl (C=O) groups is 1. The second-order valence-corrected chi connectivity index (χ2v) is 6.12. The fraction of sp³-hybridized carbons (Fsp3) is 0.0625. The molecule has 0 heterocycles. The second kappa shape index (κ2) is 7.93. The molecule has 0 spiro atoms. The van der Waals surface area contributed by atoms with Crippen molar-refractivity contribution in [3.63, 3.8) is 0 Å². The number of methoxy groups -OCH3 is 1. The summed E-state index contributed by atoms with van der Waals surface area (Å²) in [4.78, 5) is 12.0. The zero-order valence-corrected chi connectivity index (χ0v) is 14.9. The van der Waals surface area contributed by atoms with Crippen LogP contribution in [0.4, 0.5) is 5.69 Å². The number of rotatable bonds is 4. The molecule has 0 bridgehead atoms. The average molecular weight is 391 g/mol. The molecule has 120 valence electrons. The molecule has 2 rings (SSSR count). The van der Waals surface area contributed by atoms with Gasteiger partial charge in [-0.2, -0.15) is 0 Å². The number of carbonyl (C=O) groups excluding carboxylic acids is 1. The summed E-state index contributed by atoms with van der Waals surface area (Å²) in [6.07, 6.45) is 2.90. The fourth-order valence-corrected chi connectivity index (χ4v) is 2.73. The third kappa shape index (κ3) is 4.79. The highest BCUT2D eigenvalue weighted by atomic mass is 35.5. The second-order valence-electron chi connectivity index (χ2n) is 4.46. The van der Waals surface area contributed by atoms with E-state index in [0.29, 0.717) is 37.1 Å². The lowest BCUT2D eigenvalue weighted by Crippen LogP contribution is -2.07. The Hall–Kier alpha value is -1.39. The molecule has 1 amide bonds. The number of nitrogens with one attached hydrogen (secondary N) is 1. The van der Waals surface area contributed by atoms with Crippen molar-refractivity contribution in [1.82, 2.24) is 0 Å². The predicted molar refractivity (Wildman–Crippen MR) is 97.1 cm³/mol. The quantitative estimate of drug-likeness (QED) is 0.654. The van der Waals surface area contributed by atoms with Crippen LogP contribution < -0.4 is 10.1 Å². The van der Waals surface area contributed by atoms with Gasteiger partial charge in [0.05, 0.1) is 22.2 Å². The molecule has 0 aromatic heterocycles. The zero-order chi connectivity index (χ0) is 17.0. The third-order valence-corrected chi connectivity index (χ3v) is 4.08. The molecule has 0 unspecified atom stereocenters. The Kier molecular flexibility index (Phi) is 6.19. The summed E-state index contributed by atoms with van der Waals surface area (Å²) >= 11 is 23.7. The monoisotopic (exact) mass is 389 g/mol. The van der Waals surface area contributed by atoms with Crippen LogP contribution in [0.15, 0.2) is 36.4 Å². The van der Waals surface area contributed by atoms with E-state index in [1.165, 1.54) is 13.2 Å². The highest BCUT2D eigenvalue weighted by Gasteiger charge is 2.08. The van der Waals surface area contributed by atoms with Crippen molar-refractivity contribution in [3.05, 3.63) is 62.1 Å². The van der Waals surface area contributed by atoms with E-state index in [1.807, 2.05) is 0 Å². The van der Waals surface area contributed by atoms with Gasteiger partial charge >= 0.3 is 0 Å². The molecule has 0 fully saturated rings. The highest BCUT2D eigenvalue weighted by molar-refractivity contribution is 6.42. The van der Waals surface area contributed by atoms with Gasteiger partial charge in [0.25, 0.3) is 0 Å². The Morgan fingerprint density at radius 1 is 1.04 bits per heavy atom. The lowest BCUT2D eigenvalue weighted by molar-refractivity contribution is -0.111. The van der Waals surface area contributed by atoms with E-state index >= 15 is 0 Å². The van der Waals surface area contributed by atoms with Crippen molar-refractivity contribution < 1.29 is 9.53 Å². The predicted octanol–water partition coefficient (Wildman–Crippen LogP) is 5.96. The third-order valence-electron chi connectivity index (χ3n) is 2.84. The molecule has 3 nitrogen and oxygen atoms in total. The van der Waals surface area contributed by atoms with Crippen LogP contribution in [0, 0.1) is 0 Å². The van der Waals surface area contributed by atoms with E-state index in [9.17, 15) is 4.79 Å². The normalized spacial score (nSPS) is 10.8. The minimum absolute atomic E-state index is 0.346. The standard InChI is InChI=1S/C16H11Cl4NO2/c1-23-16-9(6-10(17)7-14(16)20)2-5-15(22)21-11-3-4-12(18)13(19)8-11/h2-8H,1H3,(H,21,22)/b5-2+. The minimum atomic E-state index is -0.346. The van der Waals surface area contributed by atoms with Crippen molar-refractivity contribution in [2.75, 3.05) is 12.4 Å². The summed E-state index contributed by atoms with van der Waals surface area (Å²) in [6.45, 7) is 0. The van der Waals surface area contributed by atoms with Crippen LogP contribution in [0.3, 0.4) is 0 Å². The number of amides is 1. The van der Waals surface area contributed by atoms with Crippen LogP contribution in [0.2, 0.25) is 20.1 Å². The van der Waals surface area contributed by atoms with Gasteiger partial charge in [-0.3, -0.25) is 4.79 Å². The molecule has 1 N–H and O–H groups in total. The molecule has 0 aliphatic heterocycles. The number of anilines is 1. The first-order valence-electron chi connectivity index (χ1n) is 6.38. The van der Waals surface area contributed by atoms with Gasteiger partial charge in [-0.25, -0.2) is 0 Å². The van der Waals surface area contributed by atoms with Crippen molar-refractivity contribution in [3.8, 4) is 5.75 Å². The first-order valence-corrected chi connectivity index (χ1v) is 7.89. The summed E-state index contributed by atoms with van der Waals surface area (Å²) in [5, 5.41) is 4.25. The Balaban J connectivity index is 2.16. The average Bonchev–Trinajstić information content (AvgIpc) is 2.48. The summed E-state index contributed by atoms with van der Waals surface area (Å²) in [6, 6.07) is 8.02. The topological polar surface area (TPSA) is 38.3 Å². The van der Waals surface area contributed by atoms with Crippen molar-refractivity contribution >= 4 is 64.1 Å². The van der Waals surface area contributed by atoms with Gasteiger partial charge in [0.15, 0.2) is 0 Å². The van der Waals surface area contributed by atoms with Crippen molar-refractivity contribution in [2.24, 2.45) is 0 Å². The van der Waals surface area contributed by atoms with E-state index < -0.39 is 0 Å². The maximum atomic E-state index is 12.0. The number of hydrogen-bond acceptors (Lipinski definition) is 2. The molecule has 0 aliphatic rings. The number of ether oxygens (including phenoxy) is 1. The summed E-state index contributed by atoms with van der Waals surface area (Å²) in [5.74, 6) is 0.0937. The molecular formula is C16H11Cl4NO2. The number of benzene rings is 2. The number of hydrogen-bond donors (Lipinski definition) is 1. The Labute approximate surface area is 153 Å². The summed E-state index contributed by atoms with van der Waals surface area (Å²) in [5.41, 5.74) is 1.12. The summed E-state index contributed by atoms with van der Waals surface area (Å²) in [7, 11) is 1.49. The highest BCUT2D eigenvalue weighted by Crippen LogP contribution is 2.33. The van der Waals surface area contributed by atoms with Crippen LogP contribution in [0.1, 0.15) is 5.56 Å². The zero-order valence-electron chi connectivity index (χ0n) is 11.9. The fourth-order valence-electron chi connectivity index (χ4n) is 1.84. The number of halogens is 4. The van der Waals surface area contributed by atoms with Gasteiger partial charge < -0.3 is 10.1 Å². The molecule has 0 atom stereocenters. The Morgan fingerprint density at radius 3 is 2.43 bits per heavy atom. The van der Waals surface area contributed by atoms with Crippen LogP contribution in [-0.2, 0) is 4.79 Å². The molecule has 0 aliphatic carbocycles. The van der Waals surface area contributed by atoms with Gasteiger partial charge in [0, 0.05) is 22.3 Å². The van der Waals surface area contributed by atoms with Gasteiger partial charge in [-0.1, -0.05) is 46.4 Å². The largest absolute Gasteiger partial charge is 0.495 e. The molecule has 7 heteroatoms. The van der Waals surface area contributed by atoms with Crippen LogP contribution >= 0.6 is 46.4 Å². The van der Waals surface area contributed by atoms with Crippen molar-refractivity contribution in [2.45, 2.75) is 0 Å². The molecular weight excluding hydrogens is 380 g/mol. The Bertz CT molecular complexity index is 775. The molecule has 0 saturated carbocycles. The SMILES string of the molecule is COc1c(Cl)cc(Cl)cc1/C=C/C(=O)Nc1ccc(Cl)c(Cl)c1.